The van der Waals surface area contributed by atoms with Crippen LogP contribution in [0.1, 0.15) is 16.7 Å². The number of aromatic hydroxyl groups is 1. The number of rotatable bonds is 5. The van der Waals surface area contributed by atoms with Crippen LogP contribution in [0.2, 0.25) is 0 Å². The van der Waals surface area contributed by atoms with Crippen molar-refractivity contribution in [3.63, 3.8) is 0 Å². The highest BCUT2D eigenvalue weighted by Gasteiger charge is 2.06. The summed E-state index contributed by atoms with van der Waals surface area (Å²) in [7, 11) is 0. The van der Waals surface area contributed by atoms with Crippen LogP contribution >= 0.6 is 31.9 Å². The van der Waals surface area contributed by atoms with Gasteiger partial charge in [0.05, 0.1) is 10.7 Å². The van der Waals surface area contributed by atoms with Gasteiger partial charge < -0.3 is 9.84 Å². The van der Waals surface area contributed by atoms with Crippen molar-refractivity contribution in [2.45, 2.75) is 13.8 Å². The second kappa shape index (κ2) is 8.30. The van der Waals surface area contributed by atoms with E-state index in [0.717, 1.165) is 25.6 Å². The van der Waals surface area contributed by atoms with Crippen LogP contribution in [-0.4, -0.2) is 23.8 Å². The van der Waals surface area contributed by atoms with E-state index in [4.69, 9.17) is 4.74 Å². The van der Waals surface area contributed by atoms with Crippen molar-refractivity contribution in [3.8, 4) is 11.5 Å². The zero-order valence-electron chi connectivity index (χ0n) is 13.1. The number of nitrogens with zero attached hydrogens (tertiary/aromatic N) is 1. The van der Waals surface area contributed by atoms with Gasteiger partial charge >= 0.3 is 0 Å². The van der Waals surface area contributed by atoms with Crippen molar-refractivity contribution in [2.75, 3.05) is 6.61 Å². The predicted octanol–water partition coefficient (Wildman–Crippen LogP) is 4.06. The number of halogens is 2. The quantitative estimate of drug-likeness (QED) is 0.527. The minimum atomic E-state index is -0.367. The first-order chi connectivity index (χ1) is 11.4. The van der Waals surface area contributed by atoms with E-state index in [2.05, 4.69) is 42.4 Å². The molecule has 0 aliphatic rings. The van der Waals surface area contributed by atoms with Gasteiger partial charge in [0.15, 0.2) is 6.61 Å². The molecule has 7 heteroatoms. The van der Waals surface area contributed by atoms with E-state index in [1.807, 2.05) is 26.0 Å². The molecule has 0 fully saturated rings. The van der Waals surface area contributed by atoms with Gasteiger partial charge in [-0.05, 0) is 76.8 Å². The van der Waals surface area contributed by atoms with Crippen LogP contribution in [0.4, 0.5) is 0 Å². The third-order valence-corrected chi connectivity index (χ3v) is 4.28. The average Bonchev–Trinajstić information content (AvgIpc) is 2.51. The van der Waals surface area contributed by atoms with Crippen molar-refractivity contribution >= 4 is 44.0 Å². The molecule has 0 aliphatic heterocycles. The molecule has 2 aromatic carbocycles. The van der Waals surface area contributed by atoms with Gasteiger partial charge in [-0.25, -0.2) is 5.43 Å². The number of ether oxygens (including phenoxy) is 1. The Bertz CT molecular complexity index is 768. The van der Waals surface area contributed by atoms with E-state index in [9.17, 15) is 9.90 Å². The smallest absolute Gasteiger partial charge is 0.277 e. The van der Waals surface area contributed by atoms with Gasteiger partial charge in [0.1, 0.15) is 11.5 Å². The minimum absolute atomic E-state index is 0.148. The number of phenolic OH excluding ortho intramolecular Hbond substituents is 1. The molecule has 0 unspecified atom stereocenters. The fourth-order valence-electron chi connectivity index (χ4n) is 2.01. The number of carbonyl (C=O) groups excluding carboxylic acids is 1. The number of nitrogens with one attached hydrogen (secondary N) is 1. The van der Waals surface area contributed by atoms with Crippen LogP contribution in [0.3, 0.4) is 0 Å². The highest BCUT2D eigenvalue weighted by atomic mass is 79.9. The van der Waals surface area contributed by atoms with Crippen LogP contribution in [0.15, 0.2) is 44.4 Å². The molecular formula is C17H16Br2N2O3. The van der Waals surface area contributed by atoms with Crippen LogP contribution < -0.4 is 10.2 Å². The van der Waals surface area contributed by atoms with Gasteiger partial charge in [0.25, 0.3) is 5.91 Å². The summed E-state index contributed by atoms with van der Waals surface area (Å²) in [6.45, 7) is 3.47. The van der Waals surface area contributed by atoms with Crippen molar-refractivity contribution < 1.29 is 14.6 Å². The summed E-state index contributed by atoms with van der Waals surface area (Å²) < 4.78 is 7.09. The van der Waals surface area contributed by atoms with Crippen molar-refractivity contribution in [1.29, 1.82) is 0 Å². The highest BCUT2D eigenvalue weighted by Crippen LogP contribution is 2.28. The summed E-state index contributed by atoms with van der Waals surface area (Å²) >= 11 is 6.71. The third-order valence-electron chi connectivity index (χ3n) is 3.17. The number of carbonyl (C=O) groups is 1. The van der Waals surface area contributed by atoms with Gasteiger partial charge in [-0.1, -0.05) is 15.9 Å². The number of hydrazone groups is 1. The molecule has 0 saturated carbocycles. The number of benzene rings is 2. The molecule has 1 amide bonds. The predicted molar refractivity (Wildman–Crippen MR) is 101 cm³/mol. The second-order valence-electron chi connectivity index (χ2n) is 5.16. The van der Waals surface area contributed by atoms with Crippen LogP contribution in [0.25, 0.3) is 0 Å². The number of hydrogen-bond acceptors (Lipinski definition) is 4. The number of amides is 1. The van der Waals surface area contributed by atoms with Gasteiger partial charge in [-0.2, -0.15) is 5.10 Å². The fourth-order valence-corrected chi connectivity index (χ4v) is 3.17. The standard InChI is InChI=1S/C17H16Br2N2O3/c1-10-5-12(6-11(2)17(10)23)8-20-21-16(22)9-24-15-4-3-13(18)7-14(15)19/h3-8,23H,9H2,1-2H3,(H,21,22). The van der Waals surface area contributed by atoms with Crippen molar-refractivity contribution in [3.05, 3.63) is 56.0 Å². The molecular weight excluding hydrogens is 440 g/mol. The lowest BCUT2D eigenvalue weighted by atomic mass is 10.1. The summed E-state index contributed by atoms with van der Waals surface area (Å²) in [5.41, 5.74) is 4.71. The molecule has 5 nitrogen and oxygen atoms in total. The Morgan fingerprint density at radius 2 is 1.92 bits per heavy atom. The molecule has 24 heavy (non-hydrogen) atoms. The lowest BCUT2D eigenvalue weighted by Crippen LogP contribution is -2.24. The van der Waals surface area contributed by atoms with E-state index < -0.39 is 0 Å². The maximum absolute atomic E-state index is 11.8. The average molecular weight is 456 g/mol. The topological polar surface area (TPSA) is 70.9 Å². The first-order valence-corrected chi connectivity index (χ1v) is 8.65. The van der Waals surface area contributed by atoms with E-state index in [0.29, 0.717) is 5.75 Å². The van der Waals surface area contributed by atoms with Gasteiger partial charge in [0.2, 0.25) is 0 Å². The second-order valence-corrected chi connectivity index (χ2v) is 6.93. The Morgan fingerprint density at radius 3 is 2.54 bits per heavy atom. The molecule has 0 saturated heterocycles. The minimum Gasteiger partial charge on any atom is -0.507 e. The molecule has 0 radical (unpaired) electrons. The summed E-state index contributed by atoms with van der Waals surface area (Å²) in [5, 5.41) is 13.6. The molecule has 2 aromatic rings. The first-order valence-electron chi connectivity index (χ1n) is 7.07. The van der Waals surface area contributed by atoms with E-state index in [1.54, 1.807) is 18.2 Å². The molecule has 126 valence electrons. The largest absolute Gasteiger partial charge is 0.507 e. The molecule has 0 spiro atoms. The van der Waals surface area contributed by atoms with Crippen molar-refractivity contribution in [2.24, 2.45) is 5.10 Å². The van der Waals surface area contributed by atoms with E-state index in [1.165, 1.54) is 6.21 Å². The van der Waals surface area contributed by atoms with Crippen LogP contribution in [0, 0.1) is 13.8 Å². The Kier molecular flexibility index (Phi) is 6.39. The summed E-state index contributed by atoms with van der Waals surface area (Å²) in [5.74, 6) is 0.472. The monoisotopic (exact) mass is 454 g/mol. The lowest BCUT2D eigenvalue weighted by Gasteiger charge is -2.07. The summed E-state index contributed by atoms with van der Waals surface area (Å²) in [6, 6.07) is 8.99. The Hall–Kier alpha value is -1.86. The number of hydrogen-bond donors (Lipinski definition) is 2. The lowest BCUT2D eigenvalue weighted by molar-refractivity contribution is -0.123. The van der Waals surface area contributed by atoms with E-state index in [-0.39, 0.29) is 18.3 Å². The molecule has 2 rings (SSSR count). The van der Waals surface area contributed by atoms with E-state index >= 15 is 0 Å². The Labute approximate surface area is 157 Å². The maximum Gasteiger partial charge on any atom is 0.277 e. The molecule has 2 N–H and O–H groups in total. The zero-order chi connectivity index (χ0) is 17.7. The highest BCUT2D eigenvalue weighted by molar-refractivity contribution is 9.11. The molecule has 0 aliphatic carbocycles. The normalized spacial score (nSPS) is 10.8. The van der Waals surface area contributed by atoms with Crippen LogP contribution in [0.5, 0.6) is 11.5 Å². The maximum atomic E-state index is 11.8. The van der Waals surface area contributed by atoms with Crippen molar-refractivity contribution in [1.82, 2.24) is 5.43 Å². The van der Waals surface area contributed by atoms with Gasteiger partial charge in [-0.15, -0.1) is 0 Å². The van der Waals surface area contributed by atoms with Gasteiger partial charge in [-0.3, -0.25) is 4.79 Å². The Balaban J connectivity index is 1.89. The van der Waals surface area contributed by atoms with Gasteiger partial charge in [0, 0.05) is 4.47 Å². The fraction of sp³-hybridized carbons (Fsp3) is 0.176. The van der Waals surface area contributed by atoms with Crippen LogP contribution in [-0.2, 0) is 4.79 Å². The number of phenols is 1. The SMILES string of the molecule is Cc1cc(C=NNC(=O)COc2ccc(Br)cc2Br)cc(C)c1O. The molecule has 0 bridgehead atoms. The third kappa shape index (κ3) is 5.07. The summed E-state index contributed by atoms with van der Waals surface area (Å²) in [6.07, 6.45) is 1.52. The summed E-state index contributed by atoms with van der Waals surface area (Å²) in [4.78, 5) is 11.8. The molecule has 0 heterocycles. The number of aryl methyl sites for hydroxylation is 2. The molecule has 0 atom stereocenters. The first kappa shape index (κ1) is 18.5. The molecule has 0 aromatic heterocycles. The zero-order valence-corrected chi connectivity index (χ0v) is 16.3. The Morgan fingerprint density at radius 1 is 1.25 bits per heavy atom.